The maximum atomic E-state index is 13.1. The van der Waals surface area contributed by atoms with Crippen LogP contribution in [0.5, 0.6) is 0 Å². The number of hydrogen-bond donors (Lipinski definition) is 0. The summed E-state index contributed by atoms with van der Waals surface area (Å²) < 4.78 is 39.6. The Morgan fingerprint density at radius 2 is 1.81 bits per heavy atom. The number of halogens is 2. The van der Waals surface area contributed by atoms with E-state index in [0.717, 1.165) is 31.2 Å². The number of hydrogen-bond acceptors (Lipinski definition) is 5. The summed E-state index contributed by atoms with van der Waals surface area (Å²) in [7, 11) is 0.250. The second-order valence-electron chi connectivity index (χ2n) is 8.99. The van der Waals surface area contributed by atoms with Crippen LogP contribution in [-0.4, -0.2) is 39.0 Å². The molecule has 3 rings (SSSR count). The van der Waals surface area contributed by atoms with Gasteiger partial charge in [-0.25, -0.2) is 17.8 Å². The molecule has 0 unspecified atom stereocenters. The maximum Gasteiger partial charge on any atom is 0.180 e. The van der Waals surface area contributed by atoms with E-state index in [4.69, 9.17) is 0 Å². The number of benzene rings is 1. The Bertz CT molecular complexity index is 1050. The maximum absolute atomic E-state index is 13.1. The van der Waals surface area contributed by atoms with Gasteiger partial charge in [-0.3, -0.25) is 4.79 Å². The fraction of sp³-hybridized carbons (Fsp3) is 0.500. The number of sulfone groups is 1. The molecule has 174 valence electrons. The molecule has 0 aliphatic heterocycles. The van der Waals surface area contributed by atoms with Crippen molar-refractivity contribution >= 4 is 37.4 Å². The molecule has 0 radical (unpaired) electrons. The molecule has 5 nitrogen and oxygen atoms in total. The molecule has 32 heavy (non-hydrogen) atoms. The lowest BCUT2D eigenvalue weighted by Crippen LogP contribution is -2.26. The predicted molar refractivity (Wildman–Crippen MR) is 128 cm³/mol. The molecule has 1 fully saturated rings. The van der Waals surface area contributed by atoms with Gasteiger partial charge in [0.05, 0.1) is 15.1 Å². The highest BCUT2D eigenvalue weighted by molar-refractivity contribution is 9.10. The molecule has 1 atom stereocenters. The number of carbonyl (C=O) groups excluding carboxylic acids is 1. The molecular formula is C24H30BrFN2O3S. The molecule has 2 aromatic rings. The second kappa shape index (κ2) is 10.4. The van der Waals surface area contributed by atoms with Gasteiger partial charge in [-0.15, -0.1) is 0 Å². The van der Waals surface area contributed by atoms with Crippen molar-refractivity contribution in [2.45, 2.75) is 49.8 Å². The van der Waals surface area contributed by atoms with Gasteiger partial charge >= 0.3 is 0 Å². The summed E-state index contributed by atoms with van der Waals surface area (Å²) in [4.78, 5) is 19.1. The number of rotatable bonds is 8. The van der Waals surface area contributed by atoms with Crippen molar-refractivity contribution in [2.24, 2.45) is 11.8 Å². The minimum absolute atomic E-state index is 0.0213. The summed E-state index contributed by atoms with van der Waals surface area (Å²) in [6.45, 7) is 1.98. The topological polar surface area (TPSA) is 67.3 Å². The van der Waals surface area contributed by atoms with Gasteiger partial charge in [-0.1, -0.05) is 19.1 Å². The first-order valence-corrected chi connectivity index (χ1v) is 13.3. The predicted octanol–water partition coefficient (Wildman–Crippen LogP) is 5.39. The third-order valence-corrected chi connectivity index (χ3v) is 8.72. The van der Waals surface area contributed by atoms with E-state index in [-0.39, 0.29) is 40.0 Å². The van der Waals surface area contributed by atoms with E-state index in [0.29, 0.717) is 16.7 Å². The lowest BCUT2D eigenvalue weighted by atomic mass is 9.78. The normalized spacial score (nSPS) is 20.0. The Labute approximate surface area is 198 Å². The Hall–Kier alpha value is -1.80. The zero-order valence-electron chi connectivity index (χ0n) is 18.7. The van der Waals surface area contributed by atoms with Crippen molar-refractivity contribution in [1.82, 2.24) is 4.98 Å². The first-order chi connectivity index (χ1) is 15.1. The van der Waals surface area contributed by atoms with Gasteiger partial charge in [0, 0.05) is 32.6 Å². The van der Waals surface area contributed by atoms with Crippen LogP contribution in [0.25, 0.3) is 0 Å². The fourth-order valence-electron chi connectivity index (χ4n) is 4.35. The largest absolute Gasteiger partial charge is 0.362 e. The van der Waals surface area contributed by atoms with Gasteiger partial charge in [0.15, 0.2) is 9.84 Å². The second-order valence-corrected chi connectivity index (χ2v) is 11.9. The van der Waals surface area contributed by atoms with Crippen molar-refractivity contribution < 1.29 is 17.6 Å². The quantitative estimate of drug-likeness (QED) is 0.462. The van der Waals surface area contributed by atoms with Gasteiger partial charge in [0.25, 0.3) is 0 Å². The molecule has 1 aromatic carbocycles. The van der Waals surface area contributed by atoms with Crippen LogP contribution in [0.4, 0.5) is 10.2 Å². The average molecular weight is 525 g/mol. The first-order valence-electron chi connectivity index (χ1n) is 10.9. The summed E-state index contributed by atoms with van der Waals surface area (Å²) >= 11 is 3.40. The molecule has 1 saturated carbocycles. The summed E-state index contributed by atoms with van der Waals surface area (Å²) in [5.74, 6) is 0.760. The van der Waals surface area contributed by atoms with E-state index in [9.17, 15) is 17.6 Å². The van der Waals surface area contributed by atoms with Crippen LogP contribution in [0, 0.1) is 17.7 Å². The van der Waals surface area contributed by atoms with Crippen molar-refractivity contribution in [3.05, 3.63) is 52.4 Å². The average Bonchev–Trinajstić information content (AvgIpc) is 2.74. The number of Topliss-reactive ketones (excluding diaryl/α,β-unsaturated/α-hetero) is 1. The lowest BCUT2D eigenvalue weighted by Gasteiger charge is -2.28. The Morgan fingerprint density at radius 3 is 2.38 bits per heavy atom. The molecule has 0 N–H and O–H groups in total. The molecule has 8 heteroatoms. The van der Waals surface area contributed by atoms with E-state index in [1.807, 2.05) is 25.9 Å². The zero-order chi connectivity index (χ0) is 23.5. The monoisotopic (exact) mass is 524 g/mol. The number of pyridine rings is 1. The number of carbonyl (C=O) groups is 1. The van der Waals surface area contributed by atoms with Crippen LogP contribution in [0.1, 0.15) is 50.5 Å². The lowest BCUT2D eigenvalue weighted by molar-refractivity contribution is -0.124. The summed E-state index contributed by atoms with van der Waals surface area (Å²) in [6, 6.07) is 7.92. The van der Waals surface area contributed by atoms with Crippen molar-refractivity contribution in [3.8, 4) is 0 Å². The Morgan fingerprint density at radius 1 is 1.19 bits per heavy atom. The molecule has 1 heterocycles. The Balaban J connectivity index is 1.54. The summed E-state index contributed by atoms with van der Waals surface area (Å²) in [6.07, 6.45) is 4.74. The third kappa shape index (κ3) is 6.16. The van der Waals surface area contributed by atoms with Crippen LogP contribution in [-0.2, 0) is 14.6 Å². The summed E-state index contributed by atoms with van der Waals surface area (Å²) in [5.41, 5.74) is 0.958. The van der Waals surface area contributed by atoms with Crippen molar-refractivity contribution in [3.63, 3.8) is 0 Å². The molecule has 0 amide bonds. The third-order valence-electron chi connectivity index (χ3n) is 6.28. The number of anilines is 1. The number of ketones is 1. The highest BCUT2D eigenvalue weighted by atomic mass is 79.9. The minimum Gasteiger partial charge on any atom is -0.362 e. The molecule has 0 bridgehead atoms. The molecule has 0 saturated heterocycles. The highest BCUT2D eigenvalue weighted by Crippen LogP contribution is 2.34. The molecular weight excluding hydrogens is 495 g/mol. The molecule has 0 spiro atoms. The van der Waals surface area contributed by atoms with Crippen LogP contribution >= 0.6 is 15.9 Å². The van der Waals surface area contributed by atoms with Crippen LogP contribution < -0.4 is 4.90 Å². The van der Waals surface area contributed by atoms with Crippen LogP contribution in [0.15, 0.2) is 45.9 Å². The summed E-state index contributed by atoms with van der Waals surface area (Å²) in [5, 5.41) is 0. The number of aromatic nitrogens is 1. The Kier molecular flexibility index (Phi) is 8.09. The first kappa shape index (κ1) is 24.8. The molecule has 1 aromatic heterocycles. The van der Waals surface area contributed by atoms with Crippen molar-refractivity contribution in [2.75, 3.05) is 24.7 Å². The van der Waals surface area contributed by atoms with Gasteiger partial charge < -0.3 is 4.90 Å². The standard InChI is InChI=1S/C24H30BrFN2O3S/c1-16(18-8-10-20(26)11-9-18)12-23(29)19-6-4-17(5-7-19)15-32(30,31)21-13-22(25)24(27-14-21)28(2)3/h8-11,13-14,16-17,19H,4-7,12,15H2,1-3H3/t16-,17?,19?/m0/s1. The highest BCUT2D eigenvalue weighted by Gasteiger charge is 2.30. The van der Waals surface area contributed by atoms with Crippen LogP contribution in [0.2, 0.25) is 0 Å². The van der Waals surface area contributed by atoms with Gasteiger partial charge in [0.2, 0.25) is 0 Å². The SMILES string of the molecule is C[C@@H](CC(=O)C1CCC(CS(=O)(=O)c2cnc(N(C)C)c(Br)c2)CC1)c1ccc(F)cc1. The van der Waals surface area contributed by atoms with Crippen molar-refractivity contribution in [1.29, 1.82) is 0 Å². The zero-order valence-corrected chi connectivity index (χ0v) is 21.1. The number of nitrogens with zero attached hydrogens (tertiary/aromatic N) is 2. The minimum atomic E-state index is -3.45. The van der Waals surface area contributed by atoms with Gasteiger partial charge in [-0.2, -0.15) is 0 Å². The smallest absolute Gasteiger partial charge is 0.180 e. The molecule has 1 aliphatic rings. The van der Waals surface area contributed by atoms with Gasteiger partial charge in [0.1, 0.15) is 17.4 Å². The fourth-order valence-corrected chi connectivity index (χ4v) is 6.86. The van der Waals surface area contributed by atoms with Gasteiger partial charge in [-0.05, 0) is 77.2 Å². The van der Waals surface area contributed by atoms with E-state index in [2.05, 4.69) is 20.9 Å². The van der Waals surface area contributed by atoms with E-state index in [1.165, 1.54) is 18.3 Å². The van der Waals surface area contributed by atoms with E-state index >= 15 is 0 Å². The molecule has 1 aliphatic carbocycles. The van der Waals surface area contributed by atoms with E-state index < -0.39 is 9.84 Å². The van der Waals surface area contributed by atoms with E-state index in [1.54, 1.807) is 18.2 Å². The van der Waals surface area contributed by atoms with Crippen LogP contribution in [0.3, 0.4) is 0 Å².